The molecule has 1 aromatic carbocycles. The Morgan fingerprint density at radius 2 is 2.28 bits per heavy atom. The number of halogens is 1. The highest BCUT2D eigenvalue weighted by Gasteiger charge is 2.28. The lowest BCUT2D eigenvalue weighted by Gasteiger charge is -2.35. The second-order valence-corrected chi connectivity index (χ2v) is 4.13. The summed E-state index contributed by atoms with van der Waals surface area (Å²) in [6.07, 6.45) is 0. The summed E-state index contributed by atoms with van der Waals surface area (Å²) in [5, 5.41) is 11.8. The number of hydrogen-bond acceptors (Lipinski definition) is 3. The van der Waals surface area contributed by atoms with Gasteiger partial charge < -0.3 is 15.3 Å². The summed E-state index contributed by atoms with van der Waals surface area (Å²) < 4.78 is 13.1. The first-order valence-electron chi connectivity index (χ1n) is 5.58. The van der Waals surface area contributed by atoms with E-state index in [2.05, 4.69) is 5.32 Å². The van der Waals surface area contributed by atoms with Crippen molar-refractivity contribution in [1.82, 2.24) is 5.32 Å². The van der Waals surface area contributed by atoms with Crippen molar-refractivity contribution in [3.63, 3.8) is 0 Å². The van der Waals surface area contributed by atoms with Crippen LogP contribution in [0.4, 0.5) is 10.1 Å². The van der Waals surface area contributed by atoms with Gasteiger partial charge in [0.1, 0.15) is 11.9 Å². The Balaban J connectivity index is 2.43. The molecule has 1 fully saturated rings. The van der Waals surface area contributed by atoms with E-state index in [4.69, 9.17) is 5.11 Å². The minimum absolute atomic E-state index is 0.128. The standard InChI is InChI=1S/C12H13FN2O3/c1-7-11(16)14-4-5-15(7)10-3-2-8(13)6-9(10)12(17)18/h2-3,6-7H,4-5H2,1H3,(H,14,16)(H,17,18). The highest BCUT2D eigenvalue weighted by molar-refractivity contribution is 5.96. The van der Waals surface area contributed by atoms with Gasteiger partial charge in [-0.3, -0.25) is 4.79 Å². The Morgan fingerprint density at radius 3 is 2.94 bits per heavy atom. The zero-order valence-corrected chi connectivity index (χ0v) is 9.81. The first kappa shape index (κ1) is 12.3. The number of amides is 1. The molecule has 1 unspecified atom stereocenters. The third kappa shape index (κ3) is 2.13. The summed E-state index contributed by atoms with van der Waals surface area (Å²) >= 11 is 0. The number of carbonyl (C=O) groups excluding carboxylic acids is 1. The molecule has 0 aromatic heterocycles. The lowest BCUT2D eigenvalue weighted by molar-refractivity contribution is -0.122. The molecule has 0 bridgehead atoms. The van der Waals surface area contributed by atoms with Crippen molar-refractivity contribution in [2.24, 2.45) is 0 Å². The van der Waals surface area contributed by atoms with Gasteiger partial charge in [-0.2, -0.15) is 0 Å². The lowest BCUT2D eigenvalue weighted by Crippen LogP contribution is -2.54. The number of aromatic carboxylic acids is 1. The van der Waals surface area contributed by atoms with E-state index in [1.807, 2.05) is 0 Å². The first-order valence-corrected chi connectivity index (χ1v) is 5.58. The number of rotatable bonds is 2. The highest BCUT2D eigenvalue weighted by atomic mass is 19.1. The SMILES string of the molecule is CC1C(=O)NCCN1c1ccc(F)cc1C(=O)O. The Hall–Kier alpha value is -2.11. The average molecular weight is 252 g/mol. The van der Waals surface area contributed by atoms with Crippen LogP contribution in [0.25, 0.3) is 0 Å². The maximum absolute atomic E-state index is 13.1. The first-order chi connectivity index (χ1) is 8.50. The van der Waals surface area contributed by atoms with Crippen LogP contribution in [-0.2, 0) is 4.79 Å². The Labute approximate surface area is 103 Å². The van der Waals surface area contributed by atoms with Gasteiger partial charge in [0.2, 0.25) is 5.91 Å². The van der Waals surface area contributed by atoms with Crippen molar-refractivity contribution < 1.29 is 19.1 Å². The zero-order valence-electron chi connectivity index (χ0n) is 9.81. The second kappa shape index (κ2) is 4.64. The van der Waals surface area contributed by atoms with Crippen LogP contribution in [-0.4, -0.2) is 36.1 Å². The molecule has 1 aliphatic rings. The quantitative estimate of drug-likeness (QED) is 0.818. The average Bonchev–Trinajstić information content (AvgIpc) is 2.33. The van der Waals surface area contributed by atoms with E-state index < -0.39 is 17.8 Å². The molecule has 0 aliphatic carbocycles. The molecule has 1 aliphatic heterocycles. The number of nitrogens with one attached hydrogen (secondary N) is 1. The molecule has 96 valence electrons. The highest BCUT2D eigenvalue weighted by Crippen LogP contribution is 2.24. The van der Waals surface area contributed by atoms with Crippen molar-refractivity contribution in [2.45, 2.75) is 13.0 Å². The van der Waals surface area contributed by atoms with E-state index in [1.165, 1.54) is 12.1 Å². The summed E-state index contributed by atoms with van der Waals surface area (Å²) in [6.45, 7) is 2.63. The van der Waals surface area contributed by atoms with Crippen LogP contribution in [0, 0.1) is 5.82 Å². The number of benzene rings is 1. The van der Waals surface area contributed by atoms with Crippen LogP contribution in [0.2, 0.25) is 0 Å². The molecular weight excluding hydrogens is 239 g/mol. The minimum Gasteiger partial charge on any atom is -0.478 e. The van der Waals surface area contributed by atoms with Gasteiger partial charge in [0.05, 0.1) is 11.3 Å². The molecule has 0 saturated carbocycles. The van der Waals surface area contributed by atoms with Crippen LogP contribution in [0.1, 0.15) is 17.3 Å². The fourth-order valence-electron chi connectivity index (χ4n) is 2.04. The fraction of sp³-hybridized carbons (Fsp3) is 0.333. The molecule has 2 N–H and O–H groups in total. The summed E-state index contributed by atoms with van der Waals surface area (Å²) in [5.41, 5.74) is 0.239. The Morgan fingerprint density at radius 1 is 1.56 bits per heavy atom. The van der Waals surface area contributed by atoms with E-state index in [0.29, 0.717) is 18.8 Å². The number of hydrogen-bond donors (Lipinski definition) is 2. The van der Waals surface area contributed by atoms with E-state index >= 15 is 0 Å². The number of piperazine rings is 1. The third-order valence-corrected chi connectivity index (χ3v) is 3.00. The topological polar surface area (TPSA) is 69.6 Å². The van der Waals surface area contributed by atoms with E-state index in [-0.39, 0.29) is 11.5 Å². The van der Waals surface area contributed by atoms with Crippen molar-refractivity contribution in [2.75, 3.05) is 18.0 Å². The van der Waals surface area contributed by atoms with Gasteiger partial charge in [0.15, 0.2) is 0 Å². The third-order valence-electron chi connectivity index (χ3n) is 3.00. The summed E-state index contributed by atoms with van der Waals surface area (Å²) in [5.74, 6) is -1.98. The minimum atomic E-state index is -1.21. The normalized spacial score (nSPS) is 19.6. The van der Waals surface area contributed by atoms with Gasteiger partial charge in [-0.1, -0.05) is 0 Å². The van der Waals surface area contributed by atoms with Crippen LogP contribution >= 0.6 is 0 Å². The van der Waals surface area contributed by atoms with Crippen molar-refractivity contribution in [3.8, 4) is 0 Å². The van der Waals surface area contributed by atoms with E-state index in [1.54, 1.807) is 11.8 Å². The predicted molar refractivity (Wildman–Crippen MR) is 63.2 cm³/mol. The molecule has 0 spiro atoms. The summed E-state index contributed by atoms with van der Waals surface area (Å²) in [7, 11) is 0. The van der Waals surface area contributed by atoms with Crippen molar-refractivity contribution in [1.29, 1.82) is 0 Å². The molecule has 1 atom stereocenters. The molecule has 1 heterocycles. The molecule has 0 radical (unpaired) electrons. The van der Waals surface area contributed by atoms with Gasteiger partial charge in [-0.25, -0.2) is 9.18 Å². The predicted octanol–water partition coefficient (Wildman–Crippen LogP) is 0.849. The van der Waals surface area contributed by atoms with E-state index in [0.717, 1.165) is 6.07 Å². The summed E-state index contributed by atoms with van der Waals surface area (Å²) in [4.78, 5) is 24.3. The number of anilines is 1. The monoisotopic (exact) mass is 252 g/mol. The second-order valence-electron chi connectivity index (χ2n) is 4.13. The number of carboxylic acid groups (broad SMARTS) is 1. The van der Waals surface area contributed by atoms with Gasteiger partial charge in [0.25, 0.3) is 0 Å². The van der Waals surface area contributed by atoms with Crippen LogP contribution in [0.5, 0.6) is 0 Å². The molecule has 6 heteroatoms. The number of carboxylic acids is 1. The fourth-order valence-corrected chi connectivity index (χ4v) is 2.04. The molecular formula is C12H13FN2O3. The maximum atomic E-state index is 13.1. The molecule has 1 saturated heterocycles. The van der Waals surface area contributed by atoms with Gasteiger partial charge in [-0.05, 0) is 25.1 Å². The Bertz CT molecular complexity index is 504. The van der Waals surface area contributed by atoms with Crippen LogP contribution < -0.4 is 10.2 Å². The molecule has 2 rings (SSSR count). The van der Waals surface area contributed by atoms with Crippen LogP contribution in [0.3, 0.4) is 0 Å². The van der Waals surface area contributed by atoms with E-state index in [9.17, 15) is 14.0 Å². The summed E-state index contributed by atoms with van der Waals surface area (Å²) in [6, 6.07) is 3.09. The number of nitrogens with zero attached hydrogens (tertiary/aromatic N) is 1. The Kier molecular flexibility index (Phi) is 3.18. The smallest absolute Gasteiger partial charge is 0.337 e. The molecule has 18 heavy (non-hydrogen) atoms. The molecule has 5 nitrogen and oxygen atoms in total. The maximum Gasteiger partial charge on any atom is 0.337 e. The molecule has 1 aromatic rings. The van der Waals surface area contributed by atoms with Gasteiger partial charge >= 0.3 is 5.97 Å². The number of carbonyl (C=O) groups is 2. The largest absolute Gasteiger partial charge is 0.478 e. The lowest BCUT2D eigenvalue weighted by atomic mass is 10.1. The van der Waals surface area contributed by atoms with Crippen molar-refractivity contribution in [3.05, 3.63) is 29.6 Å². The molecule has 1 amide bonds. The van der Waals surface area contributed by atoms with Gasteiger partial charge in [0, 0.05) is 13.1 Å². The zero-order chi connectivity index (χ0) is 13.3. The van der Waals surface area contributed by atoms with Gasteiger partial charge in [-0.15, -0.1) is 0 Å². The van der Waals surface area contributed by atoms with Crippen molar-refractivity contribution >= 4 is 17.6 Å². The van der Waals surface area contributed by atoms with Crippen LogP contribution in [0.15, 0.2) is 18.2 Å².